The van der Waals surface area contributed by atoms with Crippen LogP contribution in [0.2, 0.25) is 0 Å². The normalized spacial score (nSPS) is 10.3. The van der Waals surface area contributed by atoms with Crippen molar-refractivity contribution in [1.29, 1.82) is 0 Å². The van der Waals surface area contributed by atoms with Gasteiger partial charge in [-0.05, 0) is 37.3 Å². The molecular weight excluding hydrogens is 313 g/mol. The maximum Gasteiger partial charge on any atom is 0.267 e. The number of carbonyl (C=O) groups is 1. The standard InChI is InChI=1S/C17H14FN3OS/c1-11-15(16(22)20-14-9-5-6-12(18)10-14)23-17(19-11)21-13-7-3-2-4-8-13/h2-10H,1H3,(H,19,21)(H,20,22). The number of benzene rings is 2. The first-order chi connectivity index (χ1) is 11.1. The minimum Gasteiger partial charge on any atom is -0.332 e. The summed E-state index contributed by atoms with van der Waals surface area (Å²) < 4.78 is 13.2. The van der Waals surface area contributed by atoms with Crippen molar-refractivity contribution in [3.05, 3.63) is 71.0 Å². The highest BCUT2D eigenvalue weighted by Gasteiger charge is 2.15. The molecule has 0 aliphatic heterocycles. The van der Waals surface area contributed by atoms with Crippen LogP contribution in [0.3, 0.4) is 0 Å². The predicted molar refractivity (Wildman–Crippen MR) is 90.9 cm³/mol. The molecule has 23 heavy (non-hydrogen) atoms. The molecule has 1 heterocycles. The second-order valence-electron chi connectivity index (χ2n) is 4.89. The van der Waals surface area contributed by atoms with E-state index in [9.17, 15) is 9.18 Å². The third-order valence-corrected chi connectivity index (χ3v) is 4.18. The van der Waals surface area contributed by atoms with Gasteiger partial charge in [-0.25, -0.2) is 9.37 Å². The number of halogens is 1. The van der Waals surface area contributed by atoms with Gasteiger partial charge in [-0.1, -0.05) is 35.6 Å². The summed E-state index contributed by atoms with van der Waals surface area (Å²) in [6, 6.07) is 15.4. The molecule has 6 heteroatoms. The van der Waals surface area contributed by atoms with Crippen molar-refractivity contribution >= 4 is 33.8 Å². The Morgan fingerprint density at radius 1 is 1.09 bits per heavy atom. The molecule has 0 radical (unpaired) electrons. The highest BCUT2D eigenvalue weighted by molar-refractivity contribution is 7.17. The van der Waals surface area contributed by atoms with Crippen molar-refractivity contribution in [2.24, 2.45) is 0 Å². The summed E-state index contributed by atoms with van der Waals surface area (Å²) in [6.45, 7) is 1.77. The average molecular weight is 327 g/mol. The van der Waals surface area contributed by atoms with Crippen LogP contribution in [-0.2, 0) is 0 Å². The van der Waals surface area contributed by atoms with Gasteiger partial charge in [0, 0.05) is 11.4 Å². The van der Waals surface area contributed by atoms with E-state index in [0.29, 0.717) is 21.4 Å². The number of para-hydroxylation sites is 1. The maximum absolute atomic E-state index is 13.2. The molecule has 1 amide bonds. The number of rotatable bonds is 4. The van der Waals surface area contributed by atoms with E-state index in [-0.39, 0.29) is 5.91 Å². The van der Waals surface area contributed by atoms with Gasteiger partial charge in [-0.3, -0.25) is 4.79 Å². The van der Waals surface area contributed by atoms with Gasteiger partial charge < -0.3 is 10.6 Å². The molecule has 0 aliphatic carbocycles. The van der Waals surface area contributed by atoms with Gasteiger partial charge >= 0.3 is 0 Å². The van der Waals surface area contributed by atoms with E-state index in [4.69, 9.17) is 0 Å². The summed E-state index contributed by atoms with van der Waals surface area (Å²) in [7, 11) is 0. The largest absolute Gasteiger partial charge is 0.332 e. The first-order valence-corrected chi connectivity index (χ1v) is 7.80. The topological polar surface area (TPSA) is 54.0 Å². The fourth-order valence-corrected chi connectivity index (χ4v) is 2.94. The molecule has 2 N–H and O–H groups in total. The van der Waals surface area contributed by atoms with Crippen molar-refractivity contribution in [2.45, 2.75) is 6.92 Å². The Kier molecular flexibility index (Phi) is 4.34. The van der Waals surface area contributed by atoms with Crippen molar-refractivity contribution in [3.63, 3.8) is 0 Å². The first kappa shape index (κ1) is 15.2. The second-order valence-corrected chi connectivity index (χ2v) is 5.89. The van der Waals surface area contributed by atoms with Gasteiger partial charge in [0.05, 0.1) is 5.69 Å². The zero-order valence-corrected chi connectivity index (χ0v) is 13.2. The number of hydrogen-bond donors (Lipinski definition) is 2. The molecule has 3 aromatic rings. The van der Waals surface area contributed by atoms with Crippen molar-refractivity contribution in [3.8, 4) is 0 Å². The molecule has 116 valence electrons. The lowest BCUT2D eigenvalue weighted by molar-refractivity contribution is 0.103. The average Bonchev–Trinajstić information content (AvgIpc) is 2.89. The Labute approximate surface area is 137 Å². The van der Waals surface area contributed by atoms with Crippen LogP contribution in [0.15, 0.2) is 54.6 Å². The lowest BCUT2D eigenvalue weighted by Gasteiger charge is -2.03. The van der Waals surface area contributed by atoms with E-state index in [1.54, 1.807) is 19.1 Å². The van der Waals surface area contributed by atoms with Crippen molar-refractivity contribution < 1.29 is 9.18 Å². The minimum absolute atomic E-state index is 0.299. The number of nitrogens with one attached hydrogen (secondary N) is 2. The van der Waals surface area contributed by atoms with Crippen LogP contribution in [0.25, 0.3) is 0 Å². The molecule has 0 aliphatic rings. The van der Waals surface area contributed by atoms with Crippen LogP contribution in [0.1, 0.15) is 15.4 Å². The Morgan fingerprint density at radius 2 is 1.83 bits per heavy atom. The fourth-order valence-electron chi connectivity index (χ4n) is 2.06. The second kappa shape index (κ2) is 6.58. The van der Waals surface area contributed by atoms with E-state index >= 15 is 0 Å². The van der Waals surface area contributed by atoms with Crippen molar-refractivity contribution in [2.75, 3.05) is 10.6 Å². The molecule has 0 spiro atoms. The lowest BCUT2D eigenvalue weighted by atomic mass is 10.3. The van der Waals surface area contributed by atoms with Crippen LogP contribution in [0.4, 0.5) is 20.9 Å². The zero-order valence-electron chi connectivity index (χ0n) is 12.3. The van der Waals surface area contributed by atoms with Crippen LogP contribution >= 0.6 is 11.3 Å². The summed E-state index contributed by atoms with van der Waals surface area (Å²) in [6.07, 6.45) is 0. The molecule has 0 fully saturated rings. The summed E-state index contributed by atoms with van der Waals surface area (Å²) in [5.41, 5.74) is 1.95. The molecule has 2 aromatic carbocycles. The Bertz CT molecular complexity index is 833. The third kappa shape index (κ3) is 3.73. The Hall–Kier alpha value is -2.73. The van der Waals surface area contributed by atoms with E-state index in [0.717, 1.165) is 5.69 Å². The predicted octanol–water partition coefficient (Wildman–Crippen LogP) is 4.59. The molecule has 0 unspecified atom stereocenters. The molecule has 1 aromatic heterocycles. The van der Waals surface area contributed by atoms with E-state index < -0.39 is 5.82 Å². The first-order valence-electron chi connectivity index (χ1n) is 6.98. The quantitative estimate of drug-likeness (QED) is 0.737. The van der Waals surface area contributed by atoms with Gasteiger partial charge in [0.25, 0.3) is 5.91 Å². The minimum atomic E-state index is -0.393. The molecule has 0 atom stereocenters. The van der Waals surface area contributed by atoms with Gasteiger partial charge in [-0.15, -0.1) is 0 Å². The van der Waals surface area contributed by atoms with Gasteiger partial charge in [0.1, 0.15) is 10.7 Å². The summed E-state index contributed by atoms with van der Waals surface area (Å²) in [5.74, 6) is -0.693. The molecule has 4 nitrogen and oxygen atoms in total. The summed E-state index contributed by atoms with van der Waals surface area (Å²) in [5, 5.41) is 6.48. The van der Waals surface area contributed by atoms with Crippen LogP contribution < -0.4 is 10.6 Å². The number of amides is 1. The maximum atomic E-state index is 13.2. The molecule has 0 saturated carbocycles. The highest BCUT2D eigenvalue weighted by atomic mass is 32.1. The molecule has 0 saturated heterocycles. The van der Waals surface area contributed by atoms with Crippen LogP contribution in [-0.4, -0.2) is 10.9 Å². The number of nitrogens with zero attached hydrogens (tertiary/aromatic N) is 1. The Morgan fingerprint density at radius 3 is 2.57 bits per heavy atom. The third-order valence-electron chi connectivity index (χ3n) is 3.11. The van der Waals surface area contributed by atoms with Crippen LogP contribution in [0.5, 0.6) is 0 Å². The number of aryl methyl sites for hydroxylation is 1. The number of carbonyl (C=O) groups excluding carboxylic acids is 1. The smallest absolute Gasteiger partial charge is 0.267 e. The monoisotopic (exact) mass is 327 g/mol. The summed E-state index contributed by atoms with van der Waals surface area (Å²) >= 11 is 1.26. The van der Waals surface area contributed by atoms with Crippen LogP contribution in [0, 0.1) is 12.7 Å². The van der Waals surface area contributed by atoms with E-state index in [1.165, 1.54) is 23.5 Å². The fraction of sp³-hybridized carbons (Fsp3) is 0.0588. The number of anilines is 3. The van der Waals surface area contributed by atoms with Gasteiger partial charge in [-0.2, -0.15) is 0 Å². The highest BCUT2D eigenvalue weighted by Crippen LogP contribution is 2.26. The van der Waals surface area contributed by atoms with Crippen molar-refractivity contribution in [1.82, 2.24) is 4.98 Å². The zero-order chi connectivity index (χ0) is 16.2. The summed E-state index contributed by atoms with van der Waals surface area (Å²) in [4.78, 5) is 17.2. The molecule has 0 bridgehead atoms. The van der Waals surface area contributed by atoms with E-state index in [1.807, 2.05) is 30.3 Å². The van der Waals surface area contributed by atoms with E-state index in [2.05, 4.69) is 15.6 Å². The number of thiazole rings is 1. The molecular formula is C17H14FN3OS. The van der Waals surface area contributed by atoms with Gasteiger partial charge in [0.15, 0.2) is 5.13 Å². The van der Waals surface area contributed by atoms with Gasteiger partial charge in [0.2, 0.25) is 0 Å². The number of aromatic nitrogens is 1. The molecule has 3 rings (SSSR count). The number of hydrogen-bond acceptors (Lipinski definition) is 4. The SMILES string of the molecule is Cc1nc(Nc2ccccc2)sc1C(=O)Nc1cccc(F)c1. The Balaban J connectivity index is 1.76. The lowest BCUT2D eigenvalue weighted by Crippen LogP contribution is -2.11.